The van der Waals surface area contributed by atoms with Gasteiger partial charge in [0, 0.05) is 11.1 Å². The number of rotatable bonds is 6. The lowest BCUT2D eigenvalue weighted by Crippen LogP contribution is -2.19. The van der Waals surface area contributed by atoms with Crippen LogP contribution in [0.25, 0.3) is 0 Å². The average molecular weight is 647 g/mol. The molecule has 0 amide bonds. The lowest BCUT2D eigenvalue weighted by Gasteiger charge is -2.30. The van der Waals surface area contributed by atoms with Crippen molar-refractivity contribution >= 4 is 8.60 Å². The van der Waals surface area contributed by atoms with Crippen molar-refractivity contribution in [3.05, 3.63) is 88.0 Å². The smallest absolute Gasteiger partial charge is 0.408 e. The van der Waals surface area contributed by atoms with E-state index in [4.69, 9.17) is 13.6 Å². The first-order valence-electron chi connectivity index (χ1n) is 16.9. The van der Waals surface area contributed by atoms with Crippen LogP contribution in [0.4, 0.5) is 0 Å². The fraction of sp³-hybridized carbons (Fsp3) is 0.571. The van der Waals surface area contributed by atoms with Crippen LogP contribution in [0.5, 0.6) is 17.2 Å². The van der Waals surface area contributed by atoms with Crippen LogP contribution in [-0.2, 0) is 32.5 Å². The quantitative estimate of drug-likeness (QED) is 0.249. The van der Waals surface area contributed by atoms with E-state index in [1.807, 2.05) is 0 Å². The lowest BCUT2D eigenvalue weighted by molar-refractivity contribution is 0.375. The molecule has 3 rings (SSSR count). The lowest BCUT2D eigenvalue weighted by atomic mass is 9.80. The second-order valence-corrected chi connectivity index (χ2v) is 20.2. The highest BCUT2D eigenvalue weighted by molar-refractivity contribution is 7.43. The van der Waals surface area contributed by atoms with E-state index < -0.39 is 8.60 Å². The van der Waals surface area contributed by atoms with Crippen LogP contribution in [0.15, 0.2) is 54.6 Å². The molecule has 4 heteroatoms. The molecule has 3 nitrogen and oxygen atoms in total. The van der Waals surface area contributed by atoms with Gasteiger partial charge in [0.15, 0.2) is 0 Å². The summed E-state index contributed by atoms with van der Waals surface area (Å²) in [4.78, 5) is 0. The molecule has 0 aromatic heterocycles. The fourth-order valence-electron chi connectivity index (χ4n) is 5.14. The largest absolute Gasteiger partial charge is 0.530 e. The topological polar surface area (TPSA) is 27.7 Å². The van der Waals surface area contributed by atoms with Crippen molar-refractivity contribution in [2.45, 2.75) is 157 Å². The van der Waals surface area contributed by atoms with Gasteiger partial charge in [-0.3, -0.25) is 0 Å². The molecule has 46 heavy (non-hydrogen) atoms. The Morgan fingerprint density at radius 3 is 0.957 bits per heavy atom. The van der Waals surface area contributed by atoms with Crippen LogP contribution in [0.3, 0.4) is 0 Å². The number of hydrogen-bond acceptors (Lipinski definition) is 3. The molecule has 3 aromatic carbocycles. The summed E-state index contributed by atoms with van der Waals surface area (Å²) in [5, 5.41) is 0. The van der Waals surface area contributed by atoms with Gasteiger partial charge in [-0.25, -0.2) is 0 Å². The first-order valence-corrected chi connectivity index (χ1v) is 18.0. The van der Waals surface area contributed by atoms with Gasteiger partial charge in [-0.1, -0.05) is 155 Å². The van der Waals surface area contributed by atoms with Crippen LogP contribution >= 0.6 is 8.60 Å². The van der Waals surface area contributed by atoms with Gasteiger partial charge in [0.1, 0.15) is 17.2 Å². The van der Waals surface area contributed by atoms with Crippen molar-refractivity contribution < 1.29 is 13.6 Å². The SMILES string of the molecule is CC(C)(C)c1cc(OP(Oc2ccc(C(C)(C)C)cc2C(C)(C)C)Oc2ccc(C(C)(C)C)cc2C(C)(C)C)cc(C(C)(C)C)c1. The maximum absolute atomic E-state index is 6.88. The Bertz CT molecular complexity index is 1400. The third-order valence-electron chi connectivity index (χ3n) is 8.47. The van der Waals surface area contributed by atoms with Gasteiger partial charge in [0.05, 0.1) is 0 Å². The van der Waals surface area contributed by atoms with E-state index in [1.165, 1.54) is 22.3 Å². The number of hydrogen-bond donors (Lipinski definition) is 0. The summed E-state index contributed by atoms with van der Waals surface area (Å²) < 4.78 is 20.6. The molecule has 0 N–H and O–H groups in total. The summed E-state index contributed by atoms with van der Waals surface area (Å²) in [6.45, 7) is 40.3. The molecule has 0 radical (unpaired) electrons. The molecule has 254 valence electrons. The zero-order valence-corrected chi connectivity index (χ0v) is 33.3. The van der Waals surface area contributed by atoms with E-state index in [9.17, 15) is 0 Å². The molecular weight excluding hydrogens is 583 g/mol. The number of benzene rings is 3. The monoisotopic (exact) mass is 646 g/mol. The molecule has 0 heterocycles. The minimum Gasteiger partial charge on any atom is -0.408 e. The van der Waals surface area contributed by atoms with Crippen LogP contribution in [0, 0.1) is 0 Å². The summed E-state index contributed by atoms with van der Waals surface area (Å²) >= 11 is 0. The van der Waals surface area contributed by atoms with Gasteiger partial charge in [-0.05, 0) is 79.0 Å². The Labute approximate surface area is 283 Å². The summed E-state index contributed by atoms with van der Waals surface area (Å²) in [6.07, 6.45) is 0. The van der Waals surface area contributed by atoms with Crippen molar-refractivity contribution in [3.8, 4) is 17.2 Å². The van der Waals surface area contributed by atoms with E-state index in [-0.39, 0.29) is 32.5 Å². The minimum atomic E-state index is -1.89. The van der Waals surface area contributed by atoms with E-state index in [0.717, 1.165) is 28.4 Å². The second-order valence-electron chi connectivity index (χ2n) is 19.2. The molecule has 0 fully saturated rings. The Morgan fingerprint density at radius 1 is 0.348 bits per heavy atom. The van der Waals surface area contributed by atoms with Gasteiger partial charge >= 0.3 is 8.60 Å². The van der Waals surface area contributed by atoms with Crippen molar-refractivity contribution in [2.24, 2.45) is 0 Å². The normalized spacial score (nSPS) is 13.6. The van der Waals surface area contributed by atoms with Crippen molar-refractivity contribution in [3.63, 3.8) is 0 Å². The van der Waals surface area contributed by atoms with Gasteiger partial charge in [0.25, 0.3) is 0 Å². The third-order valence-corrected chi connectivity index (χ3v) is 9.52. The predicted octanol–water partition coefficient (Wildman–Crippen LogP) is 13.2. The molecule has 0 saturated heterocycles. The third kappa shape index (κ3) is 9.76. The van der Waals surface area contributed by atoms with Gasteiger partial charge in [-0.2, -0.15) is 0 Å². The van der Waals surface area contributed by atoms with E-state index in [2.05, 4.69) is 179 Å². The maximum atomic E-state index is 6.88. The standard InChI is InChI=1S/C42H63O3P/c1-37(2,3)28-19-21-35(33(26-28)41(13,14)15)44-46(43-32-24-30(39(7,8)9)23-31(25-32)40(10,11)12)45-36-22-20-29(38(4,5)6)27-34(36)42(16,17)18/h19-27H,1-18H3. The highest BCUT2D eigenvalue weighted by atomic mass is 31.2. The van der Waals surface area contributed by atoms with Crippen LogP contribution in [0.1, 0.15) is 158 Å². The predicted molar refractivity (Wildman–Crippen MR) is 200 cm³/mol. The summed E-state index contributed by atoms with van der Waals surface area (Å²) in [5.74, 6) is 2.34. The van der Waals surface area contributed by atoms with Crippen LogP contribution in [-0.4, -0.2) is 0 Å². The van der Waals surface area contributed by atoms with E-state index in [1.54, 1.807) is 0 Å². The molecule has 3 aromatic rings. The second kappa shape index (κ2) is 12.8. The van der Waals surface area contributed by atoms with E-state index >= 15 is 0 Å². The molecule has 0 saturated carbocycles. The Hall–Kier alpha value is -2.51. The molecule has 0 spiro atoms. The van der Waals surface area contributed by atoms with E-state index in [0.29, 0.717) is 0 Å². The highest BCUT2D eigenvalue weighted by Gasteiger charge is 2.31. The maximum Gasteiger partial charge on any atom is 0.530 e. The minimum absolute atomic E-state index is 0.0173. The molecule has 0 atom stereocenters. The van der Waals surface area contributed by atoms with Gasteiger partial charge in [-0.15, -0.1) is 0 Å². The Kier molecular flexibility index (Phi) is 10.6. The average Bonchev–Trinajstić information content (AvgIpc) is 2.85. The fourth-order valence-corrected chi connectivity index (χ4v) is 6.17. The van der Waals surface area contributed by atoms with Crippen molar-refractivity contribution in [1.82, 2.24) is 0 Å². The molecule has 0 aliphatic rings. The van der Waals surface area contributed by atoms with Crippen molar-refractivity contribution in [1.29, 1.82) is 0 Å². The Balaban J connectivity index is 2.23. The zero-order valence-electron chi connectivity index (χ0n) is 32.4. The van der Waals surface area contributed by atoms with Gasteiger partial charge in [0.2, 0.25) is 0 Å². The van der Waals surface area contributed by atoms with Crippen LogP contribution < -0.4 is 13.6 Å². The molecule has 0 aliphatic carbocycles. The molecule has 0 bridgehead atoms. The highest BCUT2D eigenvalue weighted by Crippen LogP contribution is 2.49. The molecule has 0 aliphatic heterocycles. The van der Waals surface area contributed by atoms with Crippen LogP contribution in [0.2, 0.25) is 0 Å². The molecular formula is C42H63O3P. The Morgan fingerprint density at radius 2 is 0.674 bits per heavy atom. The zero-order chi connectivity index (χ0) is 35.3. The van der Waals surface area contributed by atoms with Crippen molar-refractivity contribution in [2.75, 3.05) is 0 Å². The summed E-state index contributed by atoms with van der Waals surface area (Å²) in [5.41, 5.74) is 6.92. The summed E-state index contributed by atoms with van der Waals surface area (Å²) in [7, 11) is -1.89. The van der Waals surface area contributed by atoms with Gasteiger partial charge < -0.3 is 13.6 Å². The first-order chi connectivity index (χ1) is 20.6. The molecule has 0 unspecified atom stereocenters. The summed E-state index contributed by atoms with van der Waals surface area (Å²) in [6, 6.07) is 19.7. The first kappa shape index (κ1) is 37.9.